The van der Waals surface area contributed by atoms with E-state index in [4.69, 9.17) is 21.1 Å². The number of fused-ring (bicyclic) bond motifs is 1. The molecule has 0 spiro atoms. The second-order valence-corrected chi connectivity index (χ2v) is 5.62. The van der Waals surface area contributed by atoms with E-state index in [9.17, 15) is 0 Å². The molecule has 1 aromatic carbocycles. The highest BCUT2D eigenvalue weighted by atomic mass is 35.5. The zero-order valence-electron chi connectivity index (χ0n) is 13.2. The molecule has 0 aliphatic carbocycles. The van der Waals surface area contributed by atoms with Gasteiger partial charge in [0.15, 0.2) is 0 Å². The molecule has 0 fully saturated rings. The average Bonchev–Trinajstić information content (AvgIpc) is 2.55. The quantitative estimate of drug-likeness (QED) is 0.663. The van der Waals surface area contributed by atoms with Gasteiger partial charge in [0.1, 0.15) is 0 Å². The highest BCUT2D eigenvalue weighted by molar-refractivity contribution is 6.32. The topological polar surface area (TPSA) is 34.6 Å². The summed E-state index contributed by atoms with van der Waals surface area (Å²) in [7, 11) is 3.45. The van der Waals surface area contributed by atoms with Crippen molar-refractivity contribution in [3.8, 4) is 0 Å². The van der Waals surface area contributed by atoms with Gasteiger partial charge in [0.25, 0.3) is 0 Å². The van der Waals surface area contributed by atoms with Gasteiger partial charge in [0.2, 0.25) is 0 Å². The summed E-state index contributed by atoms with van der Waals surface area (Å²) >= 11 is 6.42. The van der Waals surface area contributed by atoms with Crippen LogP contribution in [0.2, 0.25) is 5.02 Å². The summed E-state index contributed by atoms with van der Waals surface area (Å²) in [6, 6.07) is 7.97. The Labute approximate surface area is 137 Å². The first kappa shape index (κ1) is 17.2. The molecule has 1 heterocycles. The predicted molar refractivity (Wildman–Crippen MR) is 90.4 cm³/mol. The van der Waals surface area contributed by atoms with Crippen LogP contribution < -0.4 is 0 Å². The van der Waals surface area contributed by atoms with Crippen molar-refractivity contribution >= 4 is 22.5 Å². The first-order valence-electron chi connectivity index (χ1n) is 7.48. The largest absolute Gasteiger partial charge is 0.385 e. The third-order valence-corrected chi connectivity index (χ3v) is 3.99. The maximum atomic E-state index is 6.42. The van der Waals surface area contributed by atoms with E-state index < -0.39 is 0 Å². The summed E-state index contributed by atoms with van der Waals surface area (Å²) in [6.07, 6.45) is 2.79. The van der Waals surface area contributed by atoms with Gasteiger partial charge in [-0.2, -0.15) is 0 Å². The maximum absolute atomic E-state index is 6.42. The SMILES string of the molecule is COCCCN(CCOC)Cc1c(Cl)ccc2cccnc12. The summed E-state index contributed by atoms with van der Waals surface area (Å²) in [5.41, 5.74) is 2.05. The Morgan fingerprint density at radius 1 is 1.09 bits per heavy atom. The maximum Gasteiger partial charge on any atom is 0.0761 e. The summed E-state index contributed by atoms with van der Waals surface area (Å²) in [4.78, 5) is 6.84. The molecular weight excluding hydrogens is 300 g/mol. The van der Waals surface area contributed by atoms with Gasteiger partial charge in [-0.3, -0.25) is 9.88 Å². The molecule has 120 valence electrons. The second kappa shape index (κ2) is 9.06. The minimum Gasteiger partial charge on any atom is -0.385 e. The van der Waals surface area contributed by atoms with Gasteiger partial charge >= 0.3 is 0 Å². The van der Waals surface area contributed by atoms with Gasteiger partial charge in [0.05, 0.1) is 12.1 Å². The van der Waals surface area contributed by atoms with Crippen LogP contribution in [-0.2, 0) is 16.0 Å². The van der Waals surface area contributed by atoms with Crippen LogP contribution in [-0.4, -0.2) is 50.4 Å². The zero-order valence-corrected chi connectivity index (χ0v) is 14.0. The van der Waals surface area contributed by atoms with Crippen LogP contribution in [0.25, 0.3) is 10.9 Å². The van der Waals surface area contributed by atoms with Crippen molar-refractivity contribution in [1.82, 2.24) is 9.88 Å². The fourth-order valence-corrected chi connectivity index (χ4v) is 2.69. The molecule has 1 aromatic heterocycles. The number of benzene rings is 1. The van der Waals surface area contributed by atoms with E-state index in [1.807, 2.05) is 24.4 Å². The summed E-state index contributed by atoms with van der Waals surface area (Å²) in [5.74, 6) is 0. The number of halogens is 1. The lowest BCUT2D eigenvalue weighted by Gasteiger charge is -2.23. The van der Waals surface area contributed by atoms with E-state index in [2.05, 4.69) is 16.0 Å². The second-order valence-electron chi connectivity index (χ2n) is 5.22. The van der Waals surface area contributed by atoms with Crippen molar-refractivity contribution in [2.24, 2.45) is 0 Å². The van der Waals surface area contributed by atoms with Crippen LogP contribution in [0.5, 0.6) is 0 Å². The van der Waals surface area contributed by atoms with Crippen LogP contribution >= 0.6 is 11.6 Å². The van der Waals surface area contributed by atoms with Crippen LogP contribution in [0.1, 0.15) is 12.0 Å². The fraction of sp³-hybridized carbons (Fsp3) is 0.471. The Morgan fingerprint density at radius 2 is 1.91 bits per heavy atom. The molecule has 0 bridgehead atoms. The monoisotopic (exact) mass is 322 g/mol. The van der Waals surface area contributed by atoms with Gasteiger partial charge in [-0.05, 0) is 18.6 Å². The van der Waals surface area contributed by atoms with Gasteiger partial charge in [0, 0.05) is 62.6 Å². The predicted octanol–water partition coefficient (Wildman–Crippen LogP) is 3.37. The Kier molecular flexibility index (Phi) is 7.06. The van der Waals surface area contributed by atoms with Crippen LogP contribution in [0, 0.1) is 0 Å². The molecule has 0 saturated carbocycles. The Morgan fingerprint density at radius 3 is 2.68 bits per heavy atom. The summed E-state index contributed by atoms with van der Waals surface area (Å²) in [6.45, 7) is 4.02. The van der Waals surface area contributed by atoms with Crippen molar-refractivity contribution in [3.63, 3.8) is 0 Å². The third kappa shape index (κ3) is 4.65. The van der Waals surface area contributed by atoms with Gasteiger partial charge in [-0.15, -0.1) is 0 Å². The number of hydrogen-bond donors (Lipinski definition) is 0. The Balaban J connectivity index is 2.18. The first-order valence-corrected chi connectivity index (χ1v) is 7.86. The highest BCUT2D eigenvalue weighted by Crippen LogP contribution is 2.25. The Bertz CT molecular complexity index is 592. The molecule has 2 rings (SSSR count). The molecule has 0 aliphatic heterocycles. The molecule has 0 radical (unpaired) electrons. The van der Waals surface area contributed by atoms with Crippen molar-refractivity contribution in [2.45, 2.75) is 13.0 Å². The van der Waals surface area contributed by atoms with Crippen LogP contribution in [0.3, 0.4) is 0 Å². The van der Waals surface area contributed by atoms with E-state index in [1.54, 1.807) is 14.2 Å². The third-order valence-electron chi connectivity index (χ3n) is 3.64. The zero-order chi connectivity index (χ0) is 15.8. The van der Waals surface area contributed by atoms with E-state index in [1.165, 1.54) is 0 Å². The minimum atomic E-state index is 0.697. The summed E-state index contributed by atoms with van der Waals surface area (Å²) < 4.78 is 10.4. The lowest BCUT2D eigenvalue weighted by molar-refractivity contribution is 0.129. The standard InChI is InChI=1S/C17H23ClN2O2/c1-21-11-4-9-20(10-12-22-2)13-15-16(18)7-6-14-5-3-8-19-17(14)15/h3,5-8H,4,9-13H2,1-2H3. The van der Waals surface area contributed by atoms with E-state index in [0.717, 1.165) is 54.2 Å². The number of hydrogen-bond acceptors (Lipinski definition) is 4. The number of ether oxygens (including phenoxy) is 2. The molecule has 0 amide bonds. The molecule has 0 aliphatic rings. The lowest BCUT2D eigenvalue weighted by Crippen LogP contribution is -2.29. The van der Waals surface area contributed by atoms with E-state index in [0.29, 0.717) is 6.61 Å². The fourth-order valence-electron chi connectivity index (χ4n) is 2.48. The van der Waals surface area contributed by atoms with Crippen LogP contribution in [0.4, 0.5) is 0 Å². The first-order chi connectivity index (χ1) is 10.8. The molecule has 0 N–H and O–H groups in total. The minimum absolute atomic E-state index is 0.697. The van der Waals surface area contributed by atoms with E-state index in [-0.39, 0.29) is 0 Å². The molecular formula is C17H23ClN2O2. The smallest absolute Gasteiger partial charge is 0.0761 e. The van der Waals surface area contributed by atoms with Gasteiger partial charge in [-0.1, -0.05) is 23.7 Å². The van der Waals surface area contributed by atoms with Crippen molar-refractivity contribution < 1.29 is 9.47 Å². The number of nitrogens with zero attached hydrogens (tertiary/aromatic N) is 2. The van der Waals surface area contributed by atoms with Crippen molar-refractivity contribution in [1.29, 1.82) is 0 Å². The number of aromatic nitrogens is 1. The molecule has 4 nitrogen and oxygen atoms in total. The van der Waals surface area contributed by atoms with E-state index >= 15 is 0 Å². The number of pyridine rings is 1. The lowest BCUT2D eigenvalue weighted by atomic mass is 10.1. The van der Waals surface area contributed by atoms with Gasteiger partial charge < -0.3 is 9.47 Å². The molecule has 0 saturated heterocycles. The highest BCUT2D eigenvalue weighted by Gasteiger charge is 2.12. The molecule has 0 unspecified atom stereocenters. The molecule has 5 heteroatoms. The molecule has 0 atom stereocenters. The number of methoxy groups -OCH3 is 2. The van der Waals surface area contributed by atoms with Crippen molar-refractivity contribution in [2.75, 3.05) is 40.5 Å². The van der Waals surface area contributed by atoms with Crippen molar-refractivity contribution in [3.05, 3.63) is 41.0 Å². The Hall–Kier alpha value is -1.20. The van der Waals surface area contributed by atoms with Gasteiger partial charge in [-0.25, -0.2) is 0 Å². The number of rotatable bonds is 9. The molecule has 2 aromatic rings. The normalized spacial score (nSPS) is 11.5. The summed E-state index contributed by atoms with van der Waals surface area (Å²) in [5, 5.41) is 1.88. The average molecular weight is 323 g/mol. The molecule has 22 heavy (non-hydrogen) atoms. The van der Waals surface area contributed by atoms with Crippen LogP contribution in [0.15, 0.2) is 30.5 Å².